The van der Waals surface area contributed by atoms with Crippen molar-refractivity contribution in [2.45, 2.75) is 6.92 Å². The third-order valence-electron chi connectivity index (χ3n) is 9.86. The van der Waals surface area contributed by atoms with Crippen LogP contribution in [0.25, 0.3) is 110 Å². The van der Waals surface area contributed by atoms with Crippen LogP contribution in [0, 0.1) is 6.92 Å². The normalized spacial score (nSPS) is 12.6. The van der Waals surface area contributed by atoms with Crippen LogP contribution in [0.1, 0.15) is 5.56 Å². The van der Waals surface area contributed by atoms with Gasteiger partial charge in [-0.2, -0.15) is 4.57 Å². The van der Waals surface area contributed by atoms with Gasteiger partial charge in [-0.05, 0) is 70.4 Å². The number of fused-ring (bicyclic) bond motifs is 14. The first-order valence-corrected chi connectivity index (χ1v) is 15.5. The lowest BCUT2D eigenvalue weighted by Crippen LogP contribution is -2.28. The zero-order valence-corrected chi connectivity index (χ0v) is 25.0. The van der Waals surface area contributed by atoms with Gasteiger partial charge in [0.15, 0.2) is 5.58 Å². The molecule has 0 amide bonds. The van der Waals surface area contributed by atoms with Crippen molar-refractivity contribution in [1.29, 1.82) is 0 Å². The van der Waals surface area contributed by atoms with Gasteiger partial charge in [-0.15, -0.1) is 0 Å². The van der Waals surface area contributed by atoms with Crippen LogP contribution >= 0.6 is 0 Å². The van der Waals surface area contributed by atoms with E-state index in [-0.39, 0.29) is 0 Å². The Kier molecular flexibility index (Phi) is 4.40. The zero-order chi connectivity index (χ0) is 30.3. The Morgan fingerprint density at radius 2 is 1.20 bits per heavy atom. The Hall–Kier alpha value is -6.07. The monoisotopic (exact) mass is 594 g/mol. The van der Waals surface area contributed by atoms with Gasteiger partial charge in [-0.3, -0.25) is 0 Å². The molecule has 216 valence electrons. The van der Waals surface area contributed by atoms with E-state index in [4.69, 9.17) is 17.7 Å². The van der Waals surface area contributed by atoms with Gasteiger partial charge in [0.1, 0.15) is 40.5 Å². The average molecular weight is 595 g/mol. The Morgan fingerprint density at radius 3 is 2.11 bits per heavy atom. The lowest BCUT2D eigenvalue weighted by Gasteiger charge is -2.03. The highest BCUT2D eigenvalue weighted by Gasteiger charge is 2.30. The Morgan fingerprint density at radius 1 is 0.457 bits per heavy atom. The average Bonchev–Trinajstić information content (AvgIpc) is 3.82. The molecule has 7 aromatic carbocycles. The van der Waals surface area contributed by atoms with E-state index in [1.54, 1.807) is 0 Å². The van der Waals surface area contributed by atoms with Crippen molar-refractivity contribution in [3.63, 3.8) is 0 Å². The van der Waals surface area contributed by atoms with Gasteiger partial charge < -0.3 is 17.7 Å². The molecule has 4 heterocycles. The number of oxazole rings is 1. The molecule has 0 fully saturated rings. The molecule has 11 aromatic rings. The lowest BCUT2D eigenvalue weighted by atomic mass is 10.00. The second kappa shape index (κ2) is 8.34. The summed E-state index contributed by atoms with van der Waals surface area (Å²) in [7, 11) is 2.05. The SMILES string of the molecule is Cc1ccc2c(oc3cc4c(cc32)oc2ccccc24)c1-c1oc2c3c(ccc2[n+]1C)oc1cc2ccc4ccccc4c2cc13. The number of hydrogen-bond acceptors (Lipinski definition) is 4. The fourth-order valence-electron chi connectivity index (χ4n) is 7.61. The van der Waals surface area contributed by atoms with Crippen molar-refractivity contribution in [1.82, 2.24) is 0 Å². The van der Waals surface area contributed by atoms with Gasteiger partial charge >= 0.3 is 5.89 Å². The summed E-state index contributed by atoms with van der Waals surface area (Å²) < 4.78 is 28.4. The van der Waals surface area contributed by atoms with Gasteiger partial charge in [0.25, 0.3) is 5.52 Å². The molecule has 11 rings (SSSR count). The molecule has 5 nitrogen and oxygen atoms in total. The Balaban J connectivity index is 1.20. The quantitative estimate of drug-likeness (QED) is 0.140. The van der Waals surface area contributed by atoms with E-state index in [1.807, 2.05) is 24.3 Å². The third kappa shape index (κ3) is 3.02. The van der Waals surface area contributed by atoms with Gasteiger partial charge in [0.05, 0.1) is 5.39 Å². The van der Waals surface area contributed by atoms with Crippen LogP contribution in [0.3, 0.4) is 0 Å². The molecule has 0 unspecified atom stereocenters. The molecule has 46 heavy (non-hydrogen) atoms. The second-order valence-corrected chi connectivity index (χ2v) is 12.4. The highest BCUT2D eigenvalue weighted by Crippen LogP contribution is 2.43. The summed E-state index contributed by atoms with van der Waals surface area (Å²) in [5.74, 6) is 0.736. The fraction of sp³-hybridized carbons (Fsp3) is 0.0488. The number of para-hydroxylation sites is 1. The molecule has 0 N–H and O–H groups in total. The summed E-state index contributed by atoms with van der Waals surface area (Å²) in [4.78, 5) is 0. The minimum atomic E-state index is 0.736. The first kappa shape index (κ1) is 24.3. The molecule has 5 heteroatoms. The molecule has 0 bridgehead atoms. The minimum absolute atomic E-state index is 0.736. The highest BCUT2D eigenvalue weighted by molar-refractivity contribution is 6.21. The van der Waals surface area contributed by atoms with Crippen molar-refractivity contribution in [3.8, 4) is 11.5 Å². The van der Waals surface area contributed by atoms with Crippen molar-refractivity contribution in [2.24, 2.45) is 7.05 Å². The summed E-state index contributed by atoms with van der Waals surface area (Å²) in [6.07, 6.45) is 0. The standard InChI is InChI=1S/C41H24NO4/c1-21-11-14-26-29-20-35-28(25-9-5-6-10-32(25)43-35)19-36(29)45-39(26)37(21)41-42(2)31-15-16-33-38(40(31)46-41)30-18-27-23(17-34(30)44-33)13-12-22-7-3-4-8-24(22)27/h3-20H,1-2H3/q+1. The molecule has 0 radical (unpaired) electrons. The molecule has 0 saturated carbocycles. The first-order valence-electron chi connectivity index (χ1n) is 15.5. The maximum atomic E-state index is 6.89. The number of hydrogen-bond donors (Lipinski definition) is 0. The van der Waals surface area contributed by atoms with E-state index >= 15 is 0 Å². The van der Waals surface area contributed by atoms with Crippen LogP contribution in [0.15, 0.2) is 127 Å². The number of nitrogens with zero attached hydrogens (tertiary/aromatic N) is 1. The molecular formula is C41H24NO4+. The van der Waals surface area contributed by atoms with E-state index in [2.05, 4.69) is 103 Å². The third-order valence-corrected chi connectivity index (χ3v) is 9.86. The van der Waals surface area contributed by atoms with Gasteiger partial charge in [-0.25, -0.2) is 0 Å². The number of aromatic nitrogens is 1. The number of rotatable bonds is 1. The summed E-state index contributed by atoms with van der Waals surface area (Å²) in [6.45, 7) is 2.11. The van der Waals surface area contributed by atoms with E-state index in [9.17, 15) is 0 Å². The summed E-state index contributed by atoms with van der Waals surface area (Å²) in [5.41, 5.74) is 8.78. The summed E-state index contributed by atoms with van der Waals surface area (Å²) in [6, 6.07) is 38.0. The fourth-order valence-corrected chi connectivity index (χ4v) is 7.61. The van der Waals surface area contributed by atoms with Gasteiger partial charge in [0, 0.05) is 33.0 Å². The molecule has 0 saturated heterocycles. The smallest absolute Gasteiger partial charge is 0.385 e. The molecule has 0 aliphatic carbocycles. The van der Waals surface area contributed by atoms with Crippen LogP contribution < -0.4 is 4.57 Å². The number of benzene rings is 7. The Labute approximate surface area is 260 Å². The van der Waals surface area contributed by atoms with Gasteiger partial charge in [0.2, 0.25) is 5.58 Å². The predicted octanol–water partition coefficient (Wildman–Crippen LogP) is 11.2. The van der Waals surface area contributed by atoms with Crippen molar-refractivity contribution in [3.05, 3.63) is 115 Å². The van der Waals surface area contributed by atoms with Crippen LogP contribution in [0.2, 0.25) is 0 Å². The molecule has 0 aliphatic rings. The maximum Gasteiger partial charge on any atom is 0.385 e. The number of furan rings is 3. The number of aryl methyl sites for hydroxylation is 2. The molecule has 4 aromatic heterocycles. The van der Waals surface area contributed by atoms with Crippen LogP contribution in [-0.2, 0) is 7.05 Å². The minimum Gasteiger partial charge on any atom is -0.456 e. The lowest BCUT2D eigenvalue weighted by molar-refractivity contribution is -0.637. The van der Waals surface area contributed by atoms with E-state index in [0.29, 0.717) is 0 Å². The van der Waals surface area contributed by atoms with Crippen molar-refractivity contribution in [2.75, 3.05) is 0 Å². The Bertz CT molecular complexity index is 3110. The second-order valence-electron chi connectivity index (χ2n) is 12.4. The zero-order valence-electron chi connectivity index (χ0n) is 25.0. The first-order chi connectivity index (χ1) is 22.6. The van der Waals surface area contributed by atoms with Crippen molar-refractivity contribution < 1.29 is 22.2 Å². The highest BCUT2D eigenvalue weighted by atomic mass is 16.4. The molecule has 0 spiro atoms. The van der Waals surface area contributed by atoms with E-state index in [0.717, 1.165) is 99.3 Å². The molecule has 0 aliphatic heterocycles. The molecule has 0 atom stereocenters. The van der Waals surface area contributed by atoms with Crippen LogP contribution in [-0.4, -0.2) is 0 Å². The van der Waals surface area contributed by atoms with E-state index < -0.39 is 0 Å². The largest absolute Gasteiger partial charge is 0.456 e. The van der Waals surface area contributed by atoms with Gasteiger partial charge in [-0.1, -0.05) is 66.7 Å². The predicted molar refractivity (Wildman–Crippen MR) is 184 cm³/mol. The summed E-state index contributed by atoms with van der Waals surface area (Å²) in [5, 5.41) is 11.0. The summed E-state index contributed by atoms with van der Waals surface area (Å²) >= 11 is 0. The van der Waals surface area contributed by atoms with Crippen LogP contribution in [0.4, 0.5) is 0 Å². The van der Waals surface area contributed by atoms with Crippen LogP contribution in [0.5, 0.6) is 0 Å². The van der Waals surface area contributed by atoms with E-state index in [1.165, 1.54) is 16.2 Å². The van der Waals surface area contributed by atoms with Crippen molar-refractivity contribution >= 4 is 98.5 Å². The topological polar surface area (TPSA) is 56.4 Å². The molecular weight excluding hydrogens is 570 g/mol. The maximum absolute atomic E-state index is 6.89.